The van der Waals surface area contributed by atoms with Crippen LogP contribution < -0.4 is 5.73 Å². The zero-order chi connectivity index (χ0) is 13.9. The number of nitrogens with two attached hydrogens (primary N) is 1. The van der Waals surface area contributed by atoms with Gasteiger partial charge in [-0.15, -0.1) is 0 Å². The number of hydrogen-bond donors (Lipinski definition) is 1. The number of ether oxygens (including phenoxy) is 1. The molecule has 20 heavy (non-hydrogen) atoms. The molecule has 0 amide bonds. The molecule has 2 aliphatic heterocycles. The monoisotopic (exact) mass is 278 g/mol. The average molecular weight is 278 g/mol. The summed E-state index contributed by atoms with van der Waals surface area (Å²) < 4.78 is 7.73. The first-order chi connectivity index (χ1) is 9.79. The van der Waals surface area contributed by atoms with Gasteiger partial charge in [-0.2, -0.15) is 0 Å². The van der Waals surface area contributed by atoms with Gasteiger partial charge < -0.3 is 15.0 Å². The van der Waals surface area contributed by atoms with Crippen molar-refractivity contribution in [1.82, 2.24) is 14.5 Å². The van der Waals surface area contributed by atoms with E-state index in [0.717, 1.165) is 32.7 Å². The minimum Gasteiger partial charge on any atom is -0.381 e. The predicted molar refractivity (Wildman–Crippen MR) is 78.4 cm³/mol. The summed E-state index contributed by atoms with van der Waals surface area (Å²) in [4.78, 5) is 6.89. The van der Waals surface area contributed by atoms with Crippen LogP contribution in [0, 0.1) is 5.92 Å². The van der Waals surface area contributed by atoms with Crippen LogP contribution in [0.3, 0.4) is 0 Å². The highest BCUT2D eigenvalue weighted by Crippen LogP contribution is 2.27. The first-order valence-electron chi connectivity index (χ1n) is 7.87. The van der Waals surface area contributed by atoms with E-state index in [1.807, 2.05) is 12.5 Å². The third-order valence-electron chi connectivity index (χ3n) is 4.87. The molecule has 2 aliphatic rings. The van der Waals surface area contributed by atoms with Crippen LogP contribution in [0.5, 0.6) is 0 Å². The smallest absolute Gasteiger partial charge is 0.0949 e. The van der Waals surface area contributed by atoms with E-state index < -0.39 is 0 Å². The van der Waals surface area contributed by atoms with Crippen molar-refractivity contribution < 1.29 is 4.74 Å². The normalized spacial score (nSPS) is 29.1. The van der Waals surface area contributed by atoms with E-state index in [-0.39, 0.29) is 6.04 Å². The first-order valence-corrected chi connectivity index (χ1v) is 7.87. The zero-order valence-corrected chi connectivity index (χ0v) is 12.4. The SMILES string of the molecule is CCN1CCCC1Cn1cncc1C(N)C1CCOC1. The highest BCUT2D eigenvalue weighted by atomic mass is 16.5. The topological polar surface area (TPSA) is 56.3 Å². The van der Waals surface area contributed by atoms with Crippen LogP contribution in [0.25, 0.3) is 0 Å². The Morgan fingerprint density at radius 2 is 2.40 bits per heavy atom. The van der Waals surface area contributed by atoms with Gasteiger partial charge in [-0.25, -0.2) is 4.98 Å². The molecule has 0 aromatic carbocycles. The van der Waals surface area contributed by atoms with Crippen molar-refractivity contribution >= 4 is 0 Å². The Labute approximate surface area is 121 Å². The fourth-order valence-electron chi connectivity index (χ4n) is 3.58. The van der Waals surface area contributed by atoms with Gasteiger partial charge >= 0.3 is 0 Å². The molecule has 3 unspecified atom stereocenters. The molecule has 0 saturated carbocycles. The van der Waals surface area contributed by atoms with Crippen molar-refractivity contribution in [1.29, 1.82) is 0 Å². The third kappa shape index (κ3) is 2.75. The molecule has 0 radical (unpaired) electrons. The van der Waals surface area contributed by atoms with E-state index in [1.54, 1.807) is 0 Å². The van der Waals surface area contributed by atoms with Gasteiger partial charge in [-0.1, -0.05) is 6.92 Å². The summed E-state index contributed by atoms with van der Waals surface area (Å²) in [5.41, 5.74) is 7.60. The number of hydrogen-bond acceptors (Lipinski definition) is 4. The van der Waals surface area contributed by atoms with E-state index in [1.165, 1.54) is 25.1 Å². The molecule has 2 saturated heterocycles. The molecule has 2 fully saturated rings. The Morgan fingerprint density at radius 3 is 3.15 bits per heavy atom. The van der Waals surface area contributed by atoms with Gasteiger partial charge in [0.15, 0.2) is 0 Å². The fourth-order valence-corrected chi connectivity index (χ4v) is 3.58. The molecular weight excluding hydrogens is 252 g/mol. The second-order valence-corrected chi connectivity index (χ2v) is 6.04. The van der Waals surface area contributed by atoms with Crippen molar-refractivity contribution in [2.75, 3.05) is 26.3 Å². The minimum atomic E-state index is 0.0523. The Hall–Kier alpha value is -0.910. The molecule has 112 valence electrons. The average Bonchev–Trinajstić information content (AvgIpc) is 3.20. The predicted octanol–water partition coefficient (Wildman–Crippen LogP) is 1.40. The van der Waals surface area contributed by atoms with Crippen molar-refractivity contribution in [3.05, 3.63) is 18.2 Å². The van der Waals surface area contributed by atoms with E-state index in [4.69, 9.17) is 10.5 Å². The molecule has 5 heteroatoms. The summed E-state index contributed by atoms with van der Waals surface area (Å²) >= 11 is 0. The van der Waals surface area contributed by atoms with Crippen LogP contribution in [0.4, 0.5) is 0 Å². The first kappa shape index (κ1) is 14.0. The Bertz CT molecular complexity index is 427. The number of nitrogens with zero attached hydrogens (tertiary/aromatic N) is 3. The van der Waals surface area contributed by atoms with E-state index in [0.29, 0.717) is 12.0 Å². The molecule has 1 aromatic heterocycles. The molecule has 0 spiro atoms. The Morgan fingerprint density at radius 1 is 1.50 bits per heavy atom. The lowest BCUT2D eigenvalue weighted by Gasteiger charge is -2.25. The van der Waals surface area contributed by atoms with Crippen LogP contribution in [0.15, 0.2) is 12.5 Å². The molecule has 0 aliphatic carbocycles. The highest BCUT2D eigenvalue weighted by Gasteiger charge is 2.28. The van der Waals surface area contributed by atoms with E-state index >= 15 is 0 Å². The molecule has 3 heterocycles. The maximum absolute atomic E-state index is 6.43. The maximum atomic E-state index is 6.43. The number of aromatic nitrogens is 2. The number of imidazole rings is 1. The summed E-state index contributed by atoms with van der Waals surface area (Å²) in [7, 11) is 0. The van der Waals surface area contributed by atoms with Gasteiger partial charge in [-0.05, 0) is 32.4 Å². The van der Waals surface area contributed by atoms with Crippen LogP contribution >= 0.6 is 0 Å². The molecule has 3 rings (SSSR count). The van der Waals surface area contributed by atoms with Gasteiger partial charge in [0.05, 0.1) is 24.7 Å². The molecule has 5 nitrogen and oxygen atoms in total. The van der Waals surface area contributed by atoms with Crippen LogP contribution in [-0.2, 0) is 11.3 Å². The summed E-state index contributed by atoms with van der Waals surface area (Å²) in [6, 6.07) is 0.691. The van der Waals surface area contributed by atoms with Crippen LogP contribution in [-0.4, -0.2) is 46.8 Å². The number of likely N-dealkylation sites (N-methyl/N-ethyl adjacent to an activating group) is 1. The van der Waals surface area contributed by atoms with Gasteiger partial charge in [0.1, 0.15) is 0 Å². The van der Waals surface area contributed by atoms with Gasteiger partial charge in [0.25, 0.3) is 0 Å². The van der Waals surface area contributed by atoms with Gasteiger partial charge in [0.2, 0.25) is 0 Å². The van der Waals surface area contributed by atoms with Gasteiger partial charge in [-0.3, -0.25) is 4.90 Å². The Kier molecular flexibility index (Phi) is 4.38. The quantitative estimate of drug-likeness (QED) is 0.884. The standard InChI is InChI=1S/C15H26N4O/c1-2-18-6-3-4-13(18)9-19-11-17-8-14(19)15(16)12-5-7-20-10-12/h8,11-13,15H,2-7,9-10,16H2,1H3. The highest BCUT2D eigenvalue weighted by molar-refractivity contribution is 5.07. The summed E-state index contributed by atoms with van der Waals surface area (Å²) in [5.74, 6) is 0.441. The third-order valence-corrected chi connectivity index (χ3v) is 4.87. The number of likely N-dealkylation sites (tertiary alicyclic amines) is 1. The summed E-state index contributed by atoms with van der Waals surface area (Å²) in [6.45, 7) is 7.26. The second-order valence-electron chi connectivity index (χ2n) is 6.04. The molecule has 0 bridgehead atoms. The summed E-state index contributed by atoms with van der Waals surface area (Å²) in [6.07, 6.45) is 7.54. The largest absolute Gasteiger partial charge is 0.381 e. The second kappa shape index (κ2) is 6.24. The molecule has 2 N–H and O–H groups in total. The maximum Gasteiger partial charge on any atom is 0.0949 e. The molecule has 3 atom stereocenters. The molecular formula is C15H26N4O. The zero-order valence-electron chi connectivity index (χ0n) is 12.4. The lowest BCUT2D eigenvalue weighted by atomic mass is 9.97. The van der Waals surface area contributed by atoms with Crippen molar-refractivity contribution in [3.63, 3.8) is 0 Å². The Balaban J connectivity index is 1.69. The van der Waals surface area contributed by atoms with Crippen LogP contribution in [0.1, 0.15) is 37.9 Å². The lowest BCUT2D eigenvalue weighted by molar-refractivity contribution is 0.179. The fraction of sp³-hybridized carbons (Fsp3) is 0.800. The minimum absolute atomic E-state index is 0.0523. The lowest BCUT2D eigenvalue weighted by Crippen LogP contribution is -2.34. The van der Waals surface area contributed by atoms with Crippen molar-refractivity contribution in [3.8, 4) is 0 Å². The van der Waals surface area contributed by atoms with Crippen molar-refractivity contribution in [2.45, 2.75) is 44.8 Å². The van der Waals surface area contributed by atoms with Crippen LogP contribution in [0.2, 0.25) is 0 Å². The van der Waals surface area contributed by atoms with E-state index in [2.05, 4.69) is 21.4 Å². The number of rotatable bonds is 5. The molecule has 1 aromatic rings. The van der Waals surface area contributed by atoms with Crippen molar-refractivity contribution in [2.24, 2.45) is 11.7 Å². The summed E-state index contributed by atoms with van der Waals surface area (Å²) in [5, 5.41) is 0. The van der Waals surface area contributed by atoms with Gasteiger partial charge in [0, 0.05) is 31.3 Å². The van der Waals surface area contributed by atoms with E-state index in [9.17, 15) is 0 Å².